The van der Waals surface area contributed by atoms with Gasteiger partial charge in [0.15, 0.2) is 0 Å². The first-order valence-corrected chi connectivity index (χ1v) is 10.4. The number of carbonyl (C=O) groups is 2. The fourth-order valence-corrected chi connectivity index (χ4v) is 4.32. The van der Waals surface area contributed by atoms with Crippen LogP contribution in [-0.4, -0.2) is 42.5 Å². The molecule has 1 aliphatic rings. The van der Waals surface area contributed by atoms with Crippen molar-refractivity contribution in [1.29, 1.82) is 0 Å². The molecule has 2 amide bonds. The molecule has 32 heavy (non-hydrogen) atoms. The smallest absolute Gasteiger partial charge is 0.261 e. The third-order valence-electron chi connectivity index (χ3n) is 5.92. The number of fused-ring (bicyclic) bond motifs is 2. The van der Waals surface area contributed by atoms with E-state index in [0.717, 1.165) is 27.7 Å². The average molecular weight is 426 g/mol. The molecule has 1 aliphatic heterocycles. The number of nitrogens with zero attached hydrogens (tertiary/aromatic N) is 1. The van der Waals surface area contributed by atoms with Crippen molar-refractivity contribution in [2.45, 2.75) is 6.42 Å². The quantitative estimate of drug-likeness (QED) is 0.454. The van der Waals surface area contributed by atoms with Gasteiger partial charge in [-0.15, -0.1) is 0 Å². The zero-order valence-electron chi connectivity index (χ0n) is 17.8. The van der Waals surface area contributed by atoms with Gasteiger partial charge < -0.3 is 14.5 Å². The zero-order valence-corrected chi connectivity index (χ0v) is 17.8. The zero-order chi connectivity index (χ0) is 22.2. The number of nitrogens with one attached hydrogen (secondary N) is 1. The van der Waals surface area contributed by atoms with E-state index < -0.39 is 0 Å². The lowest BCUT2D eigenvalue weighted by Crippen LogP contribution is -2.31. The number of amides is 2. The van der Waals surface area contributed by atoms with Crippen LogP contribution < -0.4 is 9.47 Å². The molecule has 0 radical (unpaired) electrons. The van der Waals surface area contributed by atoms with Gasteiger partial charge in [-0.2, -0.15) is 0 Å². The third-order valence-corrected chi connectivity index (χ3v) is 5.92. The monoisotopic (exact) mass is 426 g/mol. The lowest BCUT2D eigenvalue weighted by molar-refractivity contribution is 0.0656. The molecule has 5 rings (SSSR count). The molecular formula is C26H22N2O4. The number of benzene rings is 3. The van der Waals surface area contributed by atoms with Gasteiger partial charge in [0.05, 0.1) is 31.0 Å². The third kappa shape index (κ3) is 3.21. The van der Waals surface area contributed by atoms with E-state index in [4.69, 9.17) is 9.47 Å². The highest BCUT2D eigenvalue weighted by Gasteiger charge is 2.35. The maximum absolute atomic E-state index is 12.8. The molecule has 0 fully saturated rings. The van der Waals surface area contributed by atoms with Crippen molar-refractivity contribution in [2.24, 2.45) is 0 Å². The first-order valence-electron chi connectivity index (χ1n) is 10.4. The number of para-hydroxylation sites is 1. The number of hydrogen-bond acceptors (Lipinski definition) is 4. The van der Waals surface area contributed by atoms with Crippen molar-refractivity contribution in [1.82, 2.24) is 9.88 Å². The number of imide groups is 1. The Bertz CT molecular complexity index is 1300. The first-order chi connectivity index (χ1) is 15.6. The van der Waals surface area contributed by atoms with E-state index in [9.17, 15) is 9.59 Å². The van der Waals surface area contributed by atoms with Gasteiger partial charge in [-0.1, -0.05) is 30.3 Å². The van der Waals surface area contributed by atoms with Gasteiger partial charge in [0.2, 0.25) is 0 Å². The van der Waals surface area contributed by atoms with Gasteiger partial charge in [0.1, 0.15) is 11.5 Å². The number of hydrogen-bond donors (Lipinski definition) is 1. The Labute approximate surface area is 185 Å². The Kier molecular flexibility index (Phi) is 4.90. The Morgan fingerprint density at radius 2 is 1.41 bits per heavy atom. The van der Waals surface area contributed by atoms with Gasteiger partial charge in [-0.3, -0.25) is 14.5 Å². The van der Waals surface area contributed by atoms with Crippen molar-refractivity contribution < 1.29 is 19.1 Å². The van der Waals surface area contributed by atoms with E-state index in [2.05, 4.69) is 4.98 Å². The summed E-state index contributed by atoms with van der Waals surface area (Å²) in [5, 5.41) is 1.06. The Morgan fingerprint density at radius 3 is 2.03 bits per heavy atom. The largest absolute Gasteiger partial charge is 0.497 e. The topological polar surface area (TPSA) is 71.6 Å². The molecule has 0 unspecified atom stereocenters. The van der Waals surface area contributed by atoms with Gasteiger partial charge >= 0.3 is 0 Å². The van der Waals surface area contributed by atoms with Crippen LogP contribution in [0.4, 0.5) is 0 Å². The molecule has 4 aromatic rings. The lowest BCUT2D eigenvalue weighted by Gasteiger charge is -2.15. The van der Waals surface area contributed by atoms with Crippen LogP contribution in [0.15, 0.2) is 66.7 Å². The molecule has 2 heterocycles. The molecular weight excluding hydrogens is 404 g/mol. The van der Waals surface area contributed by atoms with E-state index >= 15 is 0 Å². The first kappa shape index (κ1) is 19.9. The highest BCUT2D eigenvalue weighted by atomic mass is 16.5. The maximum atomic E-state index is 12.8. The van der Waals surface area contributed by atoms with Gasteiger partial charge in [-0.25, -0.2) is 0 Å². The molecule has 1 N–H and O–H groups in total. The van der Waals surface area contributed by atoms with Crippen LogP contribution in [0, 0.1) is 0 Å². The SMILES string of the molecule is COc1cc(OC)cc(-c2[nH]c3ccccc3c2CCN2C(=O)c3ccccc3C2=O)c1. The van der Waals surface area contributed by atoms with Gasteiger partial charge in [0.25, 0.3) is 11.8 Å². The lowest BCUT2D eigenvalue weighted by atomic mass is 10.0. The van der Waals surface area contributed by atoms with Crippen molar-refractivity contribution in [3.05, 3.63) is 83.4 Å². The fraction of sp³-hybridized carbons (Fsp3) is 0.154. The van der Waals surface area contributed by atoms with Crippen molar-refractivity contribution >= 4 is 22.7 Å². The van der Waals surface area contributed by atoms with Crippen LogP contribution in [0.2, 0.25) is 0 Å². The number of aromatic amines is 1. The maximum Gasteiger partial charge on any atom is 0.261 e. The Morgan fingerprint density at radius 1 is 0.812 bits per heavy atom. The van der Waals surface area contributed by atoms with Crippen LogP contribution >= 0.6 is 0 Å². The second-order valence-electron chi connectivity index (χ2n) is 7.68. The Hall–Kier alpha value is -4.06. The molecule has 0 saturated heterocycles. The summed E-state index contributed by atoms with van der Waals surface area (Å²) in [5.74, 6) is 0.888. The minimum Gasteiger partial charge on any atom is -0.497 e. The predicted octanol–water partition coefficient (Wildman–Crippen LogP) is 4.69. The van der Waals surface area contributed by atoms with Gasteiger partial charge in [0, 0.05) is 29.1 Å². The molecule has 1 aromatic heterocycles. The second kappa shape index (κ2) is 7.89. The highest BCUT2D eigenvalue weighted by molar-refractivity contribution is 6.21. The summed E-state index contributed by atoms with van der Waals surface area (Å²) >= 11 is 0. The van der Waals surface area contributed by atoms with Crippen LogP contribution in [0.5, 0.6) is 11.5 Å². The summed E-state index contributed by atoms with van der Waals surface area (Å²) in [5.41, 5.74) is 4.78. The van der Waals surface area contributed by atoms with E-state index in [1.165, 1.54) is 4.90 Å². The predicted molar refractivity (Wildman–Crippen MR) is 122 cm³/mol. The number of methoxy groups -OCH3 is 2. The summed E-state index contributed by atoms with van der Waals surface area (Å²) < 4.78 is 10.9. The molecule has 0 atom stereocenters. The van der Waals surface area contributed by atoms with E-state index in [1.54, 1.807) is 38.5 Å². The summed E-state index contributed by atoms with van der Waals surface area (Å²) in [6.07, 6.45) is 0.518. The molecule has 3 aromatic carbocycles. The number of rotatable bonds is 6. The van der Waals surface area contributed by atoms with Crippen LogP contribution in [0.25, 0.3) is 22.2 Å². The second-order valence-corrected chi connectivity index (χ2v) is 7.68. The summed E-state index contributed by atoms with van der Waals surface area (Å²) in [6.45, 7) is 0.294. The number of carbonyl (C=O) groups excluding carboxylic acids is 2. The number of aromatic nitrogens is 1. The molecule has 0 saturated carbocycles. The summed E-state index contributed by atoms with van der Waals surface area (Å²) in [4.78, 5) is 30.5. The van der Waals surface area contributed by atoms with Crippen LogP contribution in [0.1, 0.15) is 26.3 Å². The Balaban J connectivity index is 1.54. The van der Waals surface area contributed by atoms with E-state index in [0.29, 0.717) is 35.6 Å². The standard InChI is InChI=1S/C26H22N2O4/c1-31-17-13-16(14-18(15-17)32-2)24-20(19-7-5-6-10-23(19)27-24)11-12-28-25(29)21-8-3-4-9-22(21)26(28)30/h3-10,13-15,27H,11-12H2,1-2H3. The highest BCUT2D eigenvalue weighted by Crippen LogP contribution is 2.35. The van der Waals surface area contributed by atoms with Crippen molar-refractivity contribution in [3.63, 3.8) is 0 Å². The fourth-order valence-electron chi connectivity index (χ4n) is 4.32. The molecule has 0 bridgehead atoms. The minimum absolute atomic E-state index is 0.241. The van der Waals surface area contributed by atoms with E-state index in [1.807, 2.05) is 42.5 Å². The average Bonchev–Trinajstić information content (AvgIpc) is 3.32. The molecule has 160 valence electrons. The van der Waals surface area contributed by atoms with Crippen molar-refractivity contribution in [2.75, 3.05) is 20.8 Å². The normalized spacial score (nSPS) is 13.0. The minimum atomic E-state index is -0.241. The van der Waals surface area contributed by atoms with Crippen LogP contribution in [-0.2, 0) is 6.42 Å². The molecule has 6 heteroatoms. The van der Waals surface area contributed by atoms with E-state index in [-0.39, 0.29) is 11.8 Å². The molecule has 6 nitrogen and oxygen atoms in total. The van der Waals surface area contributed by atoms with Gasteiger partial charge in [-0.05, 0) is 42.3 Å². The molecule has 0 aliphatic carbocycles. The summed E-state index contributed by atoms with van der Waals surface area (Å²) in [7, 11) is 3.24. The molecule has 0 spiro atoms. The van der Waals surface area contributed by atoms with Crippen LogP contribution in [0.3, 0.4) is 0 Å². The summed E-state index contributed by atoms with van der Waals surface area (Å²) in [6, 6.07) is 20.7. The van der Waals surface area contributed by atoms with Crippen molar-refractivity contribution in [3.8, 4) is 22.8 Å². The number of H-pyrrole nitrogens is 1. The number of ether oxygens (including phenoxy) is 2.